The lowest BCUT2D eigenvalue weighted by Gasteiger charge is -2.03. The van der Waals surface area contributed by atoms with E-state index in [1.165, 1.54) is 6.07 Å². The summed E-state index contributed by atoms with van der Waals surface area (Å²) in [5.74, 6) is 0.512. The van der Waals surface area contributed by atoms with Gasteiger partial charge in [-0.3, -0.25) is 0 Å². The predicted octanol–water partition coefficient (Wildman–Crippen LogP) is 4.17. The molecule has 20 heavy (non-hydrogen) atoms. The van der Waals surface area contributed by atoms with Gasteiger partial charge in [0.25, 0.3) is 0 Å². The van der Waals surface area contributed by atoms with Crippen LogP contribution >= 0.6 is 0 Å². The lowest BCUT2D eigenvalue weighted by molar-refractivity contribution is 0.534. The molecule has 4 nitrogen and oxygen atoms in total. The molecule has 0 N–H and O–H groups in total. The summed E-state index contributed by atoms with van der Waals surface area (Å²) in [4.78, 5) is 22.5. The van der Waals surface area contributed by atoms with Gasteiger partial charge in [0.2, 0.25) is 0 Å². The Hall–Kier alpha value is -2.75. The minimum atomic E-state index is -0.468. The summed E-state index contributed by atoms with van der Waals surface area (Å²) < 4.78 is 5.33. The summed E-state index contributed by atoms with van der Waals surface area (Å²) in [6, 6.07) is 14.2. The number of hydrogen-bond acceptors (Lipinski definition) is 4. The van der Waals surface area contributed by atoms with E-state index in [1.54, 1.807) is 18.2 Å². The molecule has 3 rings (SSSR count). The molecule has 0 unspecified atom stereocenters. The lowest BCUT2D eigenvalue weighted by atomic mass is 10.1. The molecule has 0 fully saturated rings. The monoisotopic (exact) mass is 265 g/mol. The van der Waals surface area contributed by atoms with Crippen molar-refractivity contribution in [2.75, 3.05) is 0 Å². The van der Waals surface area contributed by atoms with Gasteiger partial charge in [-0.05, 0) is 41.8 Å². The topological polar surface area (TPSA) is 59.6 Å². The highest BCUT2D eigenvalue weighted by Crippen LogP contribution is 2.25. The molecule has 0 aliphatic heterocycles. The molecule has 0 aliphatic carbocycles. The number of nitrogens with zero attached hydrogens (tertiary/aromatic N) is 1. The molecule has 0 bridgehead atoms. The van der Waals surface area contributed by atoms with Crippen LogP contribution in [0, 0.1) is 11.8 Å². The molecular weight excluding hydrogens is 254 g/mol. The largest absolute Gasteiger partial charge is 0.422 e. The fraction of sp³-hybridized carbons (Fsp3) is 0.0625. The van der Waals surface area contributed by atoms with E-state index in [2.05, 4.69) is 5.18 Å². The summed E-state index contributed by atoms with van der Waals surface area (Å²) in [6.45, 7) is 1.98. The van der Waals surface area contributed by atoms with E-state index in [-0.39, 0.29) is 5.69 Å². The maximum atomic E-state index is 12.0. The molecule has 0 saturated heterocycles. The van der Waals surface area contributed by atoms with Gasteiger partial charge in [-0.25, -0.2) is 4.79 Å². The smallest absolute Gasteiger partial charge is 0.344 e. The van der Waals surface area contributed by atoms with Crippen LogP contribution in [0.5, 0.6) is 0 Å². The van der Waals surface area contributed by atoms with E-state index in [9.17, 15) is 9.70 Å². The summed E-state index contributed by atoms with van der Waals surface area (Å²) >= 11 is 0. The Bertz CT molecular complexity index is 865. The summed E-state index contributed by atoms with van der Waals surface area (Å²) in [7, 11) is 0. The number of fused-ring (bicyclic) bond motifs is 1. The van der Waals surface area contributed by atoms with Gasteiger partial charge < -0.3 is 4.42 Å². The molecule has 0 atom stereocenters. The van der Waals surface area contributed by atoms with Gasteiger partial charge in [0, 0.05) is 5.56 Å². The van der Waals surface area contributed by atoms with Crippen molar-refractivity contribution in [3.63, 3.8) is 0 Å². The Morgan fingerprint density at radius 1 is 1.05 bits per heavy atom. The van der Waals surface area contributed by atoms with Crippen molar-refractivity contribution in [1.29, 1.82) is 0 Å². The zero-order chi connectivity index (χ0) is 14.1. The summed E-state index contributed by atoms with van der Waals surface area (Å²) in [5, 5.41) is 3.91. The zero-order valence-corrected chi connectivity index (χ0v) is 10.8. The normalized spacial score (nSPS) is 10.7. The van der Waals surface area contributed by atoms with E-state index in [1.807, 2.05) is 31.2 Å². The second-order valence-corrected chi connectivity index (χ2v) is 4.63. The predicted molar refractivity (Wildman–Crippen MR) is 78.1 cm³/mol. The van der Waals surface area contributed by atoms with Crippen molar-refractivity contribution >= 4 is 16.5 Å². The highest BCUT2D eigenvalue weighted by atomic mass is 16.4. The SMILES string of the molecule is Cc1cccc(-c2cc3ccc(N=O)cc3c(=O)o2)c1. The first-order valence-electron chi connectivity index (χ1n) is 6.16. The summed E-state index contributed by atoms with van der Waals surface area (Å²) in [5.41, 5.74) is 1.69. The van der Waals surface area contributed by atoms with E-state index in [0.717, 1.165) is 16.5 Å². The van der Waals surface area contributed by atoms with Crippen LogP contribution < -0.4 is 5.63 Å². The van der Waals surface area contributed by atoms with Crippen LogP contribution in [0.25, 0.3) is 22.1 Å². The van der Waals surface area contributed by atoms with Gasteiger partial charge in [-0.2, -0.15) is 0 Å². The van der Waals surface area contributed by atoms with Crippen molar-refractivity contribution in [2.45, 2.75) is 6.92 Å². The minimum absolute atomic E-state index is 0.216. The quantitative estimate of drug-likeness (QED) is 0.653. The van der Waals surface area contributed by atoms with Crippen LogP contribution in [0.3, 0.4) is 0 Å². The van der Waals surface area contributed by atoms with Crippen LogP contribution in [0.15, 0.2) is 62.9 Å². The Balaban J connectivity index is 2.25. The molecule has 0 amide bonds. The van der Waals surface area contributed by atoms with Gasteiger partial charge in [-0.15, -0.1) is 4.91 Å². The molecule has 0 spiro atoms. The average molecular weight is 265 g/mol. The fourth-order valence-corrected chi connectivity index (χ4v) is 2.17. The molecule has 4 heteroatoms. The number of benzene rings is 2. The van der Waals surface area contributed by atoms with Crippen LogP contribution in [0.1, 0.15) is 5.56 Å². The second kappa shape index (κ2) is 4.74. The number of nitroso groups, excluding NO2 is 1. The summed E-state index contributed by atoms with van der Waals surface area (Å²) in [6.07, 6.45) is 0. The van der Waals surface area contributed by atoms with Gasteiger partial charge in [0.15, 0.2) is 0 Å². The van der Waals surface area contributed by atoms with Gasteiger partial charge in [0.1, 0.15) is 11.4 Å². The highest BCUT2D eigenvalue weighted by Gasteiger charge is 2.08. The zero-order valence-electron chi connectivity index (χ0n) is 10.8. The molecule has 98 valence electrons. The van der Waals surface area contributed by atoms with Gasteiger partial charge in [0.05, 0.1) is 5.39 Å². The van der Waals surface area contributed by atoms with E-state index in [4.69, 9.17) is 4.42 Å². The molecule has 2 aromatic carbocycles. The van der Waals surface area contributed by atoms with Crippen LogP contribution in [-0.2, 0) is 0 Å². The Morgan fingerprint density at radius 2 is 1.90 bits per heavy atom. The number of hydrogen-bond donors (Lipinski definition) is 0. The van der Waals surface area contributed by atoms with E-state index >= 15 is 0 Å². The molecule has 0 aliphatic rings. The lowest BCUT2D eigenvalue weighted by Crippen LogP contribution is -2.00. The fourth-order valence-electron chi connectivity index (χ4n) is 2.17. The van der Waals surface area contributed by atoms with Crippen molar-refractivity contribution in [3.05, 3.63) is 69.4 Å². The maximum absolute atomic E-state index is 12.0. The van der Waals surface area contributed by atoms with Crippen LogP contribution in [0.4, 0.5) is 5.69 Å². The van der Waals surface area contributed by atoms with Crippen molar-refractivity contribution in [1.82, 2.24) is 0 Å². The third kappa shape index (κ3) is 2.12. The molecule has 3 aromatic rings. The molecule has 0 saturated carbocycles. The van der Waals surface area contributed by atoms with E-state index in [0.29, 0.717) is 11.1 Å². The van der Waals surface area contributed by atoms with Crippen molar-refractivity contribution in [2.24, 2.45) is 5.18 Å². The Labute approximate surface area is 114 Å². The second-order valence-electron chi connectivity index (χ2n) is 4.63. The molecule has 1 heterocycles. The molecule has 1 aromatic heterocycles. The maximum Gasteiger partial charge on any atom is 0.344 e. The van der Waals surface area contributed by atoms with E-state index < -0.39 is 5.63 Å². The van der Waals surface area contributed by atoms with Crippen molar-refractivity contribution < 1.29 is 4.42 Å². The van der Waals surface area contributed by atoms with Gasteiger partial charge >= 0.3 is 5.63 Å². The third-order valence-electron chi connectivity index (χ3n) is 3.15. The highest BCUT2D eigenvalue weighted by molar-refractivity contribution is 5.86. The molecular formula is C16H11NO3. The van der Waals surface area contributed by atoms with Crippen LogP contribution in [-0.4, -0.2) is 0 Å². The Morgan fingerprint density at radius 3 is 2.65 bits per heavy atom. The van der Waals surface area contributed by atoms with Crippen molar-refractivity contribution in [3.8, 4) is 11.3 Å². The molecule has 0 radical (unpaired) electrons. The first kappa shape index (κ1) is 12.3. The first-order chi connectivity index (χ1) is 9.67. The standard InChI is InChI=1S/C16H11NO3/c1-10-3-2-4-12(7-10)15-8-11-5-6-13(17-19)9-14(11)16(18)20-15/h2-9H,1H3. The van der Waals surface area contributed by atoms with Crippen LogP contribution in [0.2, 0.25) is 0 Å². The average Bonchev–Trinajstić information content (AvgIpc) is 2.47. The third-order valence-corrected chi connectivity index (χ3v) is 3.15. The van der Waals surface area contributed by atoms with Gasteiger partial charge in [-0.1, -0.05) is 29.8 Å². The Kier molecular flexibility index (Phi) is 2.91. The first-order valence-corrected chi connectivity index (χ1v) is 6.16. The number of aryl methyl sites for hydroxylation is 1. The number of rotatable bonds is 2. The minimum Gasteiger partial charge on any atom is -0.422 e.